The fourth-order valence-corrected chi connectivity index (χ4v) is 6.25. The maximum absolute atomic E-state index is 2.70. The third kappa shape index (κ3) is 2.81. The molecule has 0 aliphatic heterocycles. The van der Waals surface area contributed by atoms with Gasteiger partial charge in [0, 0.05) is 0 Å². The second kappa shape index (κ2) is 6.25. The summed E-state index contributed by atoms with van der Waals surface area (Å²) >= 11 is 0. The van der Waals surface area contributed by atoms with Gasteiger partial charge in [0.05, 0.1) is 0 Å². The Hall–Kier alpha value is 0. The molecule has 3 fully saturated rings. The maximum Gasteiger partial charge on any atom is -0.0143 e. The fourth-order valence-electron chi connectivity index (χ4n) is 6.25. The molecule has 0 aromatic heterocycles. The van der Waals surface area contributed by atoms with Crippen LogP contribution in [0.25, 0.3) is 0 Å². The van der Waals surface area contributed by atoms with Gasteiger partial charge in [-0.2, -0.15) is 0 Å². The molecule has 0 nitrogen and oxygen atoms in total. The molecule has 0 heteroatoms. The van der Waals surface area contributed by atoms with Gasteiger partial charge in [-0.25, -0.2) is 0 Å². The van der Waals surface area contributed by atoms with Gasteiger partial charge in [-0.05, 0) is 67.1 Å². The first kappa shape index (κ1) is 15.9. The zero-order chi connectivity index (χ0) is 14.9. The molecule has 3 saturated carbocycles. The summed E-state index contributed by atoms with van der Waals surface area (Å²) in [7, 11) is 0. The molecule has 1 radical (unpaired) electrons. The Kier molecular flexibility index (Phi) is 4.72. The van der Waals surface area contributed by atoms with Gasteiger partial charge in [0.1, 0.15) is 0 Å². The smallest absolute Gasteiger partial charge is 0.0143 e. The van der Waals surface area contributed by atoms with E-state index in [1.807, 2.05) is 5.92 Å². The van der Waals surface area contributed by atoms with Crippen LogP contribution in [-0.2, 0) is 0 Å². The molecule has 0 spiro atoms. The van der Waals surface area contributed by atoms with Crippen LogP contribution in [0.5, 0.6) is 0 Å². The first-order valence-electron chi connectivity index (χ1n) is 9.92. The van der Waals surface area contributed by atoms with Crippen molar-refractivity contribution in [3.63, 3.8) is 0 Å². The minimum absolute atomic E-state index is 0.528. The summed E-state index contributed by atoms with van der Waals surface area (Å²) < 4.78 is 0. The van der Waals surface area contributed by atoms with Crippen molar-refractivity contribution in [1.82, 2.24) is 0 Å². The van der Waals surface area contributed by atoms with E-state index in [9.17, 15) is 0 Å². The van der Waals surface area contributed by atoms with Crippen LogP contribution in [0.3, 0.4) is 0 Å². The molecule has 0 bridgehead atoms. The summed E-state index contributed by atoms with van der Waals surface area (Å²) in [5.74, 6) is 3.99. The highest BCUT2D eigenvalue weighted by atomic mass is 14.6. The van der Waals surface area contributed by atoms with Gasteiger partial charge < -0.3 is 0 Å². The van der Waals surface area contributed by atoms with Gasteiger partial charge in [0.15, 0.2) is 0 Å². The number of rotatable bonds is 2. The van der Waals surface area contributed by atoms with Crippen LogP contribution in [0.2, 0.25) is 0 Å². The third-order valence-corrected chi connectivity index (χ3v) is 7.84. The van der Waals surface area contributed by atoms with Crippen molar-refractivity contribution in [1.29, 1.82) is 0 Å². The minimum atomic E-state index is 0.528. The number of hydrogen-bond donors (Lipinski definition) is 0. The van der Waals surface area contributed by atoms with Gasteiger partial charge in [-0.15, -0.1) is 0 Å². The monoisotopic (exact) mass is 289 g/mol. The SMILES string of the molecule is CC1(C)CCC[C](C2CCCCC2)C1(C)C1CCCCC1. The van der Waals surface area contributed by atoms with E-state index in [4.69, 9.17) is 0 Å². The van der Waals surface area contributed by atoms with Gasteiger partial charge in [-0.3, -0.25) is 0 Å². The lowest BCUT2D eigenvalue weighted by atomic mass is 9.45. The van der Waals surface area contributed by atoms with Crippen LogP contribution >= 0.6 is 0 Å². The molecule has 121 valence electrons. The van der Waals surface area contributed by atoms with E-state index in [1.54, 1.807) is 0 Å². The highest BCUT2D eigenvalue weighted by molar-refractivity contribution is 5.19. The zero-order valence-corrected chi connectivity index (χ0v) is 14.8. The van der Waals surface area contributed by atoms with Crippen molar-refractivity contribution in [3.8, 4) is 0 Å². The largest absolute Gasteiger partial charge is 0.0594 e. The van der Waals surface area contributed by atoms with Crippen LogP contribution in [-0.4, -0.2) is 0 Å². The lowest BCUT2D eigenvalue weighted by Gasteiger charge is -2.60. The zero-order valence-electron chi connectivity index (χ0n) is 14.8. The van der Waals surface area contributed by atoms with Gasteiger partial charge in [0.2, 0.25) is 0 Å². The maximum atomic E-state index is 2.70. The molecule has 0 aromatic carbocycles. The molecule has 0 aromatic rings. The molecular formula is C21H37. The first-order valence-corrected chi connectivity index (χ1v) is 9.92. The summed E-state index contributed by atoms with van der Waals surface area (Å²) in [5.41, 5.74) is 1.06. The fraction of sp³-hybridized carbons (Fsp3) is 0.952. The Morgan fingerprint density at radius 2 is 1.29 bits per heavy atom. The Morgan fingerprint density at radius 3 is 1.90 bits per heavy atom. The molecule has 21 heavy (non-hydrogen) atoms. The summed E-state index contributed by atoms with van der Waals surface area (Å²) in [5, 5.41) is 0. The Labute approximate surface area is 133 Å². The van der Waals surface area contributed by atoms with E-state index in [2.05, 4.69) is 20.8 Å². The minimum Gasteiger partial charge on any atom is -0.0594 e. The molecule has 3 aliphatic carbocycles. The Bertz CT molecular complexity index is 330. The molecule has 3 rings (SSSR count). The summed E-state index contributed by atoms with van der Waals surface area (Å²) in [6.07, 6.45) is 19.4. The molecule has 1 atom stereocenters. The molecule has 3 aliphatic rings. The molecule has 0 heterocycles. The highest BCUT2D eigenvalue weighted by Crippen LogP contribution is 2.64. The first-order chi connectivity index (χ1) is 10.1. The van der Waals surface area contributed by atoms with Crippen molar-refractivity contribution in [3.05, 3.63) is 5.92 Å². The van der Waals surface area contributed by atoms with E-state index in [1.165, 1.54) is 83.5 Å². The molecule has 0 amide bonds. The average Bonchev–Trinajstić information content (AvgIpc) is 2.51. The predicted octanol–water partition coefficient (Wildman–Crippen LogP) is 6.94. The summed E-state index contributed by atoms with van der Waals surface area (Å²) in [4.78, 5) is 0. The summed E-state index contributed by atoms with van der Waals surface area (Å²) in [6.45, 7) is 7.90. The number of hydrogen-bond acceptors (Lipinski definition) is 0. The van der Waals surface area contributed by atoms with Crippen LogP contribution in [0, 0.1) is 28.6 Å². The van der Waals surface area contributed by atoms with Gasteiger partial charge in [0.25, 0.3) is 0 Å². The van der Waals surface area contributed by atoms with Gasteiger partial charge >= 0.3 is 0 Å². The van der Waals surface area contributed by atoms with Crippen molar-refractivity contribution >= 4 is 0 Å². The Balaban J connectivity index is 1.87. The van der Waals surface area contributed by atoms with E-state index in [-0.39, 0.29) is 0 Å². The molecule has 1 unspecified atom stereocenters. The predicted molar refractivity (Wildman–Crippen MR) is 92.1 cm³/mol. The third-order valence-electron chi connectivity index (χ3n) is 7.84. The quantitative estimate of drug-likeness (QED) is 0.516. The highest BCUT2D eigenvalue weighted by Gasteiger charge is 2.55. The van der Waals surface area contributed by atoms with E-state index < -0.39 is 0 Å². The second-order valence-corrected chi connectivity index (χ2v) is 9.13. The Morgan fingerprint density at radius 1 is 0.714 bits per heavy atom. The summed E-state index contributed by atoms with van der Waals surface area (Å²) in [6, 6.07) is 0. The molecule has 0 N–H and O–H groups in total. The molecular weight excluding hydrogens is 252 g/mol. The van der Waals surface area contributed by atoms with Crippen molar-refractivity contribution in [2.45, 2.75) is 104 Å². The van der Waals surface area contributed by atoms with Crippen LogP contribution in [0.1, 0.15) is 104 Å². The van der Waals surface area contributed by atoms with E-state index in [0.717, 1.165) is 11.8 Å². The topological polar surface area (TPSA) is 0 Å². The van der Waals surface area contributed by atoms with Gasteiger partial charge in [-0.1, -0.05) is 65.7 Å². The lowest BCUT2D eigenvalue weighted by Crippen LogP contribution is -2.51. The van der Waals surface area contributed by atoms with Crippen molar-refractivity contribution in [2.24, 2.45) is 22.7 Å². The standard InChI is InChI=1S/C21H37/c1-20(2)16-10-15-19(17-11-6-4-7-12-17)21(20,3)18-13-8-5-9-14-18/h17-18H,4-16H2,1-3H3. The normalized spacial score (nSPS) is 36.7. The van der Waals surface area contributed by atoms with Crippen molar-refractivity contribution in [2.75, 3.05) is 0 Å². The van der Waals surface area contributed by atoms with E-state index >= 15 is 0 Å². The average molecular weight is 290 g/mol. The second-order valence-electron chi connectivity index (χ2n) is 9.13. The van der Waals surface area contributed by atoms with Crippen LogP contribution in [0.4, 0.5) is 0 Å². The van der Waals surface area contributed by atoms with Crippen LogP contribution < -0.4 is 0 Å². The van der Waals surface area contributed by atoms with Crippen LogP contribution in [0.15, 0.2) is 0 Å². The van der Waals surface area contributed by atoms with Crippen molar-refractivity contribution < 1.29 is 0 Å². The molecule has 0 saturated heterocycles. The van der Waals surface area contributed by atoms with E-state index in [0.29, 0.717) is 10.8 Å². The lowest BCUT2D eigenvalue weighted by molar-refractivity contribution is -0.0334.